The lowest BCUT2D eigenvalue weighted by Gasteiger charge is -2.33. The molecule has 2 nitrogen and oxygen atoms in total. The summed E-state index contributed by atoms with van der Waals surface area (Å²) < 4.78 is 0. The lowest BCUT2D eigenvalue weighted by molar-refractivity contribution is -0.117. The summed E-state index contributed by atoms with van der Waals surface area (Å²) in [4.78, 5) is 13.1. The fraction of sp³-hybridized carbons (Fsp3) is 0.560. The normalized spacial score (nSPS) is 18.3. The molecule has 1 N–H and O–H groups in total. The maximum absolute atomic E-state index is 13.1. The number of carbonyl (C=O) groups is 1. The van der Waals surface area contributed by atoms with E-state index in [2.05, 4.69) is 68.4 Å². The average Bonchev–Trinajstić information content (AvgIpc) is 2.55. The molecule has 2 heteroatoms. The van der Waals surface area contributed by atoms with Crippen molar-refractivity contribution in [3.63, 3.8) is 0 Å². The second-order valence-electron chi connectivity index (χ2n) is 9.22. The van der Waals surface area contributed by atoms with Crippen molar-refractivity contribution in [1.82, 2.24) is 0 Å². The first kappa shape index (κ1) is 21.5. The Morgan fingerprint density at radius 1 is 0.852 bits per heavy atom. The Morgan fingerprint density at radius 3 is 1.85 bits per heavy atom. The third kappa shape index (κ3) is 4.05. The van der Waals surface area contributed by atoms with Crippen molar-refractivity contribution in [1.29, 1.82) is 0 Å². The minimum absolute atomic E-state index is 0.130. The van der Waals surface area contributed by atoms with Gasteiger partial charge in [-0.2, -0.15) is 0 Å². The average molecular weight is 369 g/mol. The van der Waals surface area contributed by atoms with Gasteiger partial charge in [0.15, 0.2) is 5.78 Å². The van der Waals surface area contributed by atoms with E-state index in [0.717, 1.165) is 27.8 Å². The zero-order valence-electron chi connectivity index (χ0n) is 18.5. The van der Waals surface area contributed by atoms with Gasteiger partial charge in [0, 0.05) is 5.92 Å². The van der Waals surface area contributed by atoms with E-state index in [1.807, 2.05) is 12.1 Å². The fourth-order valence-corrected chi connectivity index (χ4v) is 4.31. The van der Waals surface area contributed by atoms with Gasteiger partial charge in [0.2, 0.25) is 0 Å². The van der Waals surface area contributed by atoms with Crippen molar-refractivity contribution in [2.75, 3.05) is 0 Å². The van der Waals surface area contributed by atoms with Crippen molar-refractivity contribution in [3.8, 4) is 5.75 Å². The van der Waals surface area contributed by atoms with E-state index < -0.39 is 0 Å². The zero-order valence-corrected chi connectivity index (χ0v) is 18.5. The van der Waals surface area contributed by atoms with Crippen molar-refractivity contribution >= 4 is 11.4 Å². The summed E-state index contributed by atoms with van der Waals surface area (Å²) in [6.45, 7) is 19.2. The SMILES string of the molecule is CC1=C(c2cc(C(C)C)c(O)cc2C(C)C)C(C(C)C)C(=O)C=C1C(C)C. The van der Waals surface area contributed by atoms with E-state index in [1.165, 1.54) is 5.57 Å². The van der Waals surface area contributed by atoms with Crippen LogP contribution in [-0.2, 0) is 4.79 Å². The number of hydrogen-bond donors (Lipinski definition) is 1. The molecule has 0 spiro atoms. The largest absolute Gasteiger partial charge is 0.508 e. The predicted molar refractivity (Wildman–Crippen MR) is 115 cm³/mol. The molecule has 1 atom stereocenters. The summed E-state index contributed by atoms with van der Waals surface area (Å²) in [5, 5.41) is 10.6. The number of carbonyl (C=O) groups excluding carboxylic acids is 1. The summed E-state index contributed by atoms with van der Waals surface area (Å²) in [6.07, 6.45) is 1.87. The molecule has 1 aromatic rings. The Balaban J connectivity index is 2.89. The van der Waals surface area contributed by atoms with E-state index in [4.69, 9.17) is 0 Å². The highest BCUT2D eigenvalue weighted by molar-refractivity contribution is 6.05. The van der Waals surface area contributed by atoms with Gasteiger partial charge in [-0.1, -0.05) is 55.4 Å². The highest BCUT2D eigenvalue weighted by atomic mass is 16.3. The molecule has 1 aromatic carbocycles. The Kier molecular flexibility index (Phi) is 6.39. The molecule has 2 rings (SSSR count). The first-order valence-corrected chi connectivity index (χ1v) is 10.3. The number of phenols is 1. The van der Waals surface area contributed by atoms with Crippen LogP contribution in [0.3, 0.4) is 0 Å². The number of ketones is 1. The van der Waals surface area contributed by atoms with E-state index in [1.54, 1.807) is 0 Å². The summed E-state index contributed by atoms with van der Waals surface area (Å²) in [5.74, 6) is 1.47. The molecule has 0 radical (unpaired) electrons. The van der Waals surface area contributed by atoms with Crippen molar-refractivity contribution in [2.24, 2.45) is 17.8 Å². The standard InChI is InChI=1S/C25H36O2/c1-13(2)18-11-23(27)24(16(7)8)25(17(18)9)21-10-20(15(5)6)22(26)12-19(21)14(3)4/h10-16,24,26H,1-9H3. The van der Waals surface area contributed by atoms with Gasteiger partial charge in [0.25, 0.3) is 0 Å². The molecule has 1 aliphatic rings. The summed E-state index contributed by atoms with van der Waals surface area (Å²) in [6, 6.07) is 4.06. The summed E-state index contributed by atoms with van der Waals surface area (Å²) >= 11 is 0. The predicted octanol–water partition coefficient (Wildman–Crippen LogP) is 6.85. The molecule has 0 saturated carbocycles. The molecule has 148 valence electrons. The molecule has 0 heterocycles. The third-order valence-corrected chi connectivity index (χ3v) is 5.77. The molecular formula is C25H36O2. The van der Waals surface area contributed by atoms with E-state index in [0.29, 0.717) is 11.7 Å². The van der Waals surface area contributed by atoms with Crippen molar-refractivity contribution in [2.45, 2.75) is 74.1 Å². The lowest BCUT2D eigenvalue weighted by Crippen LogP contribution is -2.26. The van der Waals surface area contributed by atoms with Crippen LogP contribution >= 0.6 is 0 Å². The summed E-state index contributed by atoms with van der Waals surface area (Å²) in [7, 11) is 0. The topological polar surface area (TPSA) is 37.3 Å². The molecule has 0 amide bonds. The molecule has 27 heavy (non-hydrogen) atoms. The third-order valence-electron chi connectivity index (χ3n) is 5.77. The van der Waals surface area contributed by atoms with Crippen LogP contribution in [0.4, 0.5) is 0 Å². The van der Waals surface area contributed by atoms with Gasteiger partial charge < -0.3 is 5.11 Å². The Labute approximate surface area is 165 Å². The second kappa shape index (κ2) is 8.04. The lowest BCUT2D eigenvalue weighted by atomic mass is 9.70. The molecule has 0 aliphatic heterocycles. The number of benzene rings is 1. The van der Waals surface area contributed by atoms with Crippen LogP contribution in [-0.4, -0.2) is 10.9 Å². The van der Waals surface area contributed by atoms with Gasteiger partial charge in [-0.15, -0.1) is 0 Å². The van der Waals surface area contributed by atoms with Crippen LogP contribution in [0.25, 0.3) is 5.57 Å². The molecule has 0 aromatic heterocycles. The molecule has 0 saturated heterocycles. The van der Waals surface area contributed by atoms with E-state index in [9.17, 15) is 9.90 Å². The number of aromatic hydroxyl groups is 1. The van der Waals surface area contributed by atoms with Gasteiger partial charge in [0.05, 0.1) is 0 Å². The number of hydrogen-bond acceptors (Lipinski definition) is 2. The maximum atomic E-state index is 13.1. The second-order valence-corrected chi connectivity index (χ2v) is 9.22. The number of phenolic OH excluding ortho intramolecular Hbond substituents is 1. The maximum Gasteiger partial charge on any atom is 0.163 e. The summed E-state index contributed by atoms with van der Waals surface area (Å²) in [5.41, 5.74) is 6.74. The van der Waals surface area contributed by atoms with Crippen LogP contribution < -0.4 is 0 Å². The van der Waals surface area contributed by atoms with Crippen LogP contribution in [0.1, 0.15) is 90.8 Å². The van der Waals surface area contributed by atoms with Crippen LogP contribution in [0.2, 0.25) is 0 Å². The fourth-order valence-electron chi connectivity index (χ4n) is 4.31. The highest BCUT2D eigenvalue weighted by Crippen LogP contribution is 2.45. The van der Waals surface area contributed by atoms with Gasteiger partial charge in [0.1, 0.15) is 5.75 Å². The molecule has 1 unspecified atom stereocenters. The van der Waals surface area contributed by atoms with Gasteiger partial charge >= 0.3 is 0 Å². The van der Waals surface area contributed by atoms with Crippen molar-refractivity contribution < 1.29 is 9.90 Å². The van der Waals surface area contributed by atoms with Gasteiger partial charge in [-0.05, 0) is 82.2 Å². The Hall–Kier alpha value is -1.83. The molecular weight excluding hydrogens is 332 g/mol. The van der Waals surface area contributed by atoms with Gasteiger partial charge in [-0.25, -0.2) is 0 Å². The molecule has 1 aliphatic carbocycles. The Morgan fingerprint density at radius 2 is 1.41 bits per heavy atom. The smallest absolute Gasteiger partial charge is 0.163 e. The van der Waals surface area contributed by atoms with Crippen LogP contribution in [0.15, 0.2) is 29.4 Å². The van der Waals surface area contributed by atoms with E-state index >= 15 is 0 Å². The molecule has 0 fully saturated rings. The minimum Gasteiger partial charge on any atom is -0.508 e. The quantitative estimate of drug-likeness (QED) is 0.617. The zero-order chi connectivity index (χ0) is 20.6. The van der Waals surface area contributed by atoms with Crippen LogP contribution in [0.5, 0.6) is 5.75 Å². The van der Waals surface area contributed by atoms with E-state index in [-0.39, 0.29) is 29.5 Å². The van der Waals surface area contributed by atoms with Crippen LogP contribution in [0, 0.1) is 17.8 Å². The minimum atomic E-state index is -0.130. The number of allylic oxidation sites excluding steroid dienone is 4. The highest BCUT2D eigenvalue weighted by Gasteiger charge is 2.34. The van der Waals surface area contributed by atoms with Gasteiger partial charge in [-0.3, -0.25) is 4.79 Å². The molecule has 0 bridgehead atoms. The number of rotatable bonds is 5. The van der Waals surface area contributed by atoms with Crippen molar-refractivity contribution in [3.05, 3.63) is 46.0 Å². The monoisotopic (exact) mass is 368 g/mol. The Bertz CT molecular complexity index is 789. The first-order valence-electron chi connectivity index (χ1n) is 10.3. The first-order chi connectivity index (χ1) is 12.5.